The zero-order valence-corrected chi connectivity index (χ0v) is 17.9. The fraction of sp³-hybridized carbons (Fsp3) is 0.200. The highest BCUT2D eigenvalue weighted by molar-refractivity contribution is 9.10. The van der Waals surface area contributed by atoms with Gasteiger partial charge in [-0.1, -0.05) is 18.2 Å². The van der Waals surface area contributed by atoms with Gasteiger partial charge in [0.15, 0.2) is 16.7 Å². The molecule has 0 saturated carbocycles. The van der Waals surface area contributed by atoms with Crippen molar-refractivity contribution in [3.05, 3.63) is 62.7 Å². The normalized spacial score (nSPS) is 16.9. The number of hydrogen-bond donors (Lipinski definition) is 0. The summed E-state index contributed by atoms with van der Waals surface area (Å²) < 4.78 is 25.7. The average molecular weight is 465 g/mol. The summed E-state index contributed by atoms with van der Waals surface area (Å²) in [4.78, 5) is 18.5. The molecule has 0 aromatic heterocycles. The first-order chi connectivity index (χ1) is 13.4. The Bertz CT molecular complexity index is 978. The molecule has 0 N–H and O–H groups in total. The van der Waals surface area contributed by atoms with E-state index in [1.54, 1.807) is 44.4 Å². The van der Waals surface area contributed by atoms with Crippen LogP contribution >= 0.6 is 27.7 Å². The number of ether oxygens (including phenoxy) is 2. The van der Waals surface area contributed by atoms with Crippen molar-refractivity contribution < 1.29 is 18.7 Å². The number of likely N-dealkylation sites (N-methyl/N-ethyl adjacent to an activating group) is 1. The molecule has 0 radical (unpaired) electrons. The molecule has 0 atom stereocenters. The van der Waals surface area contributed by atoms with E-state index in [1.165, 1.54) is 29.8 Å². The van der Waals surface area contributed by atoms with Gasteiger partial charge < -0.3 is 9.47 Å². The fourth-order valence-electron chi connectivity index (χ4n) is 2.63. The first-order valence-corrected chi connectivity index (χ1v) is 9.93. The van der Waals surface area contributed by atoms with Crippen LogP contribution in [0.4, 0.5) is 4.39 Å². The number of rotatable bonds is 5. The van der Waals surface area contributed by atoms with Crippen LogP contribution in [0.3, 0.4) is 0 Å². The number of amidine groups is 1. The molecule has 1 saturated heterocycles. The van der Waals surface area contributed by atoms with Crippen LogP contribution in [-0.4, -0.2) is 37.2 Å². The second-order valence-electron chi connectivity index (χ2n) is 5.90. The predicted molar refractivity (Wildman–Crippen MR) is 113 cm³/mol. The van der Waals surface area contributed by atoms with Crippen molar-refractivity contribution in [3.63, 3.8) is 0 Å². The maximum absolute atomic E-state index is 13.8. The minimum Gasteiger partial charge on any atom is -0.493 e. The molecule has 2 aromatic carbocycles. The summed E-state index contributed by atoms with van der Waals surface area (Å²) in [5.74, 6) is 0.505. The Balaban J connectivity index is 1.87. The van der Waals surface area contributed by atoms with Crippen LogP contribution in [0.2, 0.25) is 0 Å². The molecular weight excluding hydrogens is 447 g/mol. The van der Waals surface area contributed by atoms with E-state index in [2.05, 4.69) is 20.9 Å². The highest BCUT2D eigenvalue weighted by Crippen LogP contribution is 2.39. The highest BCUT2D eigenvalue weighted by atomic mass is 79.9. The third kappa shape index (κ3) is 4.23. The summed E-state index contributed by atoms with van der Waals surface area (Å²) in [6, 6.07) is 10.0. The molecule has 2 aromatic rings. The Hall–Kier alpha value is -2.32. The van der Waals surface area contributed by atoms with Crippen molar-refractivity contribution in [1.29, 1.82) is 0 Å². The summed E-state index contributed by atoms with van der Waals surface area (Å²) in [6.07, 6.45) is 1.77. The Labute approximate surface area is 175 Å². The molecule has 3 rings (SSSR count). The van der Waals surface area contributed by atoms with Crippen LogP contribution in [0, 0.1) is 5.82 Å². The number of aliphatic imine (C=N–C) groups is 1. The fourth-order valence-corrected chi connectivity index (χ4v) is 4.13. The topological polar surface area (TPSA) is 51.1 Å². The van der Waals surface area contributed by atoms with Gasteiger partial charge in [-0.25, -0.2) is 4.39 Å². The van der Waals surface area contributed by atoms with Gasteiger partial charge in [0.2, 0.25) is 0 Å². The minimum atomic E-state index is -0.326. The molecule has 1 aliphatic rings. The Kier molecular flexibility index (Phi) is 6.41. The lowest BCUT2D eigenvalue weighted by Gasteiger charge is -2.14. The molecule has 1 heterocycles. The van der Waals surface area contributed by atoms with Gasteiger partial charge in [0.25, 0.3) is 5.91 Å². The Morgan fingerprint density at radius 3 is 2.71 bits per heavy atom. The Morgan fingerprint density at radius 2 is 2.07 bits per heavy atom. The van der Waals surface area contributed by atoms with Crippen LogP contribution in [0.5, 0.6) is 11.5 Å². The second kappa shape index (κ2) is 8.79. The summed E-state index contributed by atoms with van der Waals surface area (Å²) in [7, 11) is 4.87. The van der Waals surface area contributed by atoms with E-state index in [1.807, 2.05) is 6.07 Å². The van der Waals surface area contributed by atoms with Crippen LogP contribution in [0.1, 0.15) is 11.1 Å². The van der Waals surface area contributed by atoms with Gasteiger partial charge in [0.05, 0.1) is 16.5 Å². The van der Waals surface area contributed by atoms with E-state index in [0.29, 0.717) is 31.6 Å². The van der Waals surface area contributed by atoms with Crippen LogP contribution in [-0.2, 0) is 11.4 Å². The van der Waals surface area contributed by atoms with E-state index in [9.17, 15) is 9.18 Å². The van der Waals surface area contributed by atoms with Gasteiger partial charge in [0.1, 0.15) is 12.4 Å². The van der Waals surface area contributed by atoms with Gasteiger partial charge in [-0.15, -0.1) is 0 Å². The number of hydrogen-bond acceptors (Lipinski definition) is 5. The largest absolute Gasteiger partial charge is 0.493 e. The van der Waals surface area contributed by atoms with E-state index in [-0.39, 0.29) is 18.3 Å². The van der Waals surface area contributed by atoms with Gasteiger partial charge >= 0.3 is 0 Å². The van der Waals surface area contributed by atoms with Crippen molar-refractivity contribution in [3.8, 4) is 11.5 Å². The minimum absolute atomic E-state index is 0.0670. The molecule has 146 valence electrons. The molecular formula is C20H18BrFN2O3S. The van der Waals surface area contributed by atoms with Crippen molar-refractivity contribution >= 4 is 44.8 Å². The lowest BCUT2D eigenvalue weighted by atomic mass is 10.1. The van der Waals surface area contributed by atoms with Crippen LogP contribution < -0.4 is 9.47 Å². The van der Waals surface area contributed by atoms with Gasteiger partial charge in [-0.3, -0.25) is 14.7 Å². The van der Waals surface area contributed by atoms with Crippen molar-refractivity contribution in [2.45, 2.75) is 6.61 Å². The molecule has 1 aliphatic heterocycles. The average Bonchev–Trinajstić information content (AvgIpc) is 2.95. The quantitative estimate of drug-likeness (QED) is 0.601. The number of carbonyl (C=O) groups excluding carboxylic acids is 1. The van der Waals surface area contributed by atoms with E-state index in [4.69, 9.17) is 9.47 Å². The zero-order valence-electron chi connectivity index (χ0n) is 15.5. The number of thioether (sulfide) groups is 1. The summed E-state index contributed by atoms with van der Waals surface area (Å²) in [6.45, 7) is 0.0670. The SMILES string of the molecule is CN=C1S/C(=C/c2cc(Br)c(OCc3ccccc3F)c(OC)c2)C(=O)N1C. The highest BCUT2D eigenvalue weighted by Gasteiger charge is 2.29. The maximum Gasteiger partial charge on any atom is 0.266 e. The monoisotopic (exact) mass is 464 g/mol. The second-order valence-corrected chi connectivity index (χ2v) is 7.76. The first-order valence-electron chi connectivity index (χ1n) is 8.32. The molecule has 1 amide bonds. The summed E-state index contributed by atoms with van der Waals surface area (Å²) in [5, 5.41) is 0.645. The zero-order chi connectivity index (χ0) is 20.3. The summed E-state index contributed by atoms with van der Waals surface area (Å²) in [5.41, 5.74) is 1.22. The molecule has 0 spiro atoms. The molecule has 5 nitrogen and oxygen atoms in total. The number of nitrogens with zero attached hydrogens (tertiary/aromatic N) is 2. The smallest absolute Gasteiger partial charge is 0.266 e. The van der Waals surface area contributed by atoms with Crippen molar-refractivity contribution in [1.82, 2.24) is 4.90 Å². The van der Waals surface area contributed by atoms with E-state index < -0.39 is 0 Å². The lowest BCUT2D eigenvalue weighted by Crippen LogP contribution is -2.23. The Morgan fingerprint density at radius 1 is 1.32 bits per heavy atom. The molecule has 0 unspecified atom stereocenters. The maximum atomic E-state index is 13.8. The number of carbonyl (C=O) groups is 1. The standard InChI is InChI=1S/C20H18BrFN2O3S/c1-23-20-24(2)19(25)17(28-20)10-12-8-14(21)18(16(9-12)26-3)27-11-13-6-4-5-7-15(13)22/h4-10H,11H2,1-3H3/b17-10+,23-20?. The van der Waals surface area contributed by atoms with Crippen LogP contribution in [0.25, 0.3) is 6.08 Å². The van der Waals surface area contributed by atoms with E-state index in [0.717, 1.165) is 5.56 Å². The summed E-state index contributed by atoms with van der Waals surface area (Å²) >= 11 is 4.79. The third-order valence-corrected chi connectivity index (χ3v) is 5.81. The predicted octanol–water partition coefficient (Wildman–Crippen LogP) is 4.71. The van der Waals surface area contributed by atoms with Crippen molar-refractivity contribution in [2.75, 3.05) is 21.2 Å². The van der Waals surface area contributed by atoms with Crippen LogP contribution in [0.15, 0.2) is 50.8 Å². The molecule has 8 heteroatoms. The molecule has 0 aliphatic carbocycles. The number of amides is 1. The number of halogens is 2. The first kappa shape index (κ1) is 20.4. The van der Waals surface area contributed by atoms with Crippen molar-refractivity contribution in [2.24, 2.45) is 4.99 Å². The van der Waals surface area contributed by atoms with Gasteiger partial charge in [-0.05, 0) is 57.5 Å². The third-order valence-electron chi connectivity index (χ3n) is 4.07. The number of benzene rings is 2. The molecule has 0 bridgehead atoms. The molecule has 28 heavy (non-hydrogen) atoms. The van der Waals surface area contributed by atoms with Gasteiger partial charge in [0, 0.05) is 19.7 Å². The van der Waals surface area contributed by atoms with Gasteiger partial charge in [-0.2, -0.15) is 0 Å². The number of methoxy groups -OCH3 is 1. The molecule has 1 fully saturated rings. The van der Waals surface area contributed by atoms with E-state index >= 15 is 0 Å². The lowest BCUT2D eigenvalue weighted by molar-refractivity contribution is -0.121.